The van der Waals surface area contributed by atoms with E-state index >= 15 is 0 Å². The molecule has 0 radical (unpaired) electrons. The van der Waals surface area contributed by atoms with E-state index in [1.165, 1.54) is 0 Å². The van der Waals surface area contributed by atoms with E-state index in [1.807, 2.05) is 0 Å². The lowest BCUT2D eigenvalue weighted by Crippen LogP contribution is -2.42. The minimum atomic E-state index is 0. The molecule has 0 aliphatic carbocycles. The second kappa shape index (κ2) is 10.2. The Morgan fingerprint density at radius 3 is 2.79 bits per heavy atom. The molecule has 0 saturated carbocycles. The predicted octanol–water partition coefficient (Wildman–Crippen LogP) is 1.90. The number of nitrogens with one attached hydrogen (secondary N) is 2. The Balaban J connectivity index is 0.00000324. The van der Waals surface area contributed by atoms with E-state index in [0.717, 1.165) is 38.9 Å². The van der Waals surface area contributed by atoms with Crippen LogP contribution in [0.4, 0.5) is 0 Å². The van der Waals surface area contributed by atoms with Crippen LogP contribution in [0.25, 0.3) is 0 Å². The maximum Gasteiger partial charge on any atom is 0.220 e. The molecule has 0 aromatic rings. The van der Waals surface area contributed by atoms with E-state index in [2.05, 4.69) is 24.1 Å². The van der Waals surface area contributed by atoms with Crippen LogP contribution in [0.1, 0.15) is 32.6 Å². The zero-order chi connectivity index (χ0) is 13.3. The van der Waals surface area contributed by atoms with Crippen molar-refractivity contribution in [3.05, 3.63) is 12.7 Å². The number of piperidine rings is 1. The Kier molecular flexibility index (Phi) is 9.92. The van der Waals surface area contributed by atoms with E-state index in [0.29, 0.717) is 19.6 Å². The average Bonchev–Trinajstić information content (AvgIpc) is 2.37. The monoisotopic (exact) mass is 290 g/mol. The van der Waals surface area contributed by atoms with Crippen molar-refractivity contribution in [2.75, 3.05) is 32.8 Å². The van der Waals surface area contributed by atoms with Gasteiger partial charge in [0.2, 0.25) is 5.91 Å². The Morgan fingerprint density at radius 2 is 2.16 bits per heavy atom. The van der Waals surface area contributed by atoms with E-state index in [-0.39, 0.29) is 23.7 Å². The largest absolute Gasteiger partial charge is 0.377 e. The molecule has 4 nitrogen and oxygen atoms in total. The average molecular weight is 291 g/mol. The van der Waals surface area contributed by atoms with Crippen molar-refractivity contribution < 1.29 is 9.53 Å². The molecule has 2 N–H and O–H groups in total. The highest BCUT2D eigenvalue weighted by Crippen LogP contribution is 2.26. The van der Waals surface area contributed by atoms with Crippen LogP contribution in [-0.4, -0.2) is 38.8 Å². The van der Waals surface area contributed by atoms with Gasteiger partial charge < -0.3 is 15.4 Å². The molecule has 0 spiro atoms. The lowest BCUT2D eigenvalue weighted by Gasteiger charge is -2.34. The fraction of sp³-hybridized carbons (Fsp3) is 0.786. The van der Waals surface area contributed by atoms with Crippen molar-refractivity contribution in [3.8, 4) is 0 Å². The fourth-order valence-corrected chi connectivity index (χ4v) is 2.11. The van der Waals surface area contributed by atoms with E-state index < -0.39 is 0 Å². The van der Waals surface area contributed by atoms with E-state index in [4.69, 9.17) is 4.74 Å². The van der Waals surface area contributed by atoms with Crippen molar-refractivity contribution in [1.82, 2.24) is 10.6 Å². The highest BCUT2D eigenvalue weighted by molar-refractivity contribution is 5.85. The van der Waals surface area contributed by atoms with Crippen LogP contribution in [0.5, 0.6) is 0 Å². The molecule has 1 rings (SSSR count). The third-order valence-corrected chi connectivity index (χ3v) is 3.45. The Morgan fingerprint density at radius 1 is 1.47 bits per heavy atom. The summed E-state index contributed by atoms with van der Waals surface area (Å²) in [6.45, 7) is 9.92. The summed E-state index contributed by atoms with van der Waals surface area (Å²) in [4.78, 5) is 11.7. The number of ether oxygens (including phenoxy) is 1. The number of carbonyl (C=O) groups excluding carboxylic acids is 1. The molecule has 19 heavy (non-hydrogen) atoms. The zero-order valence-corrected chi connectivity index (χ0v) is 12.7. The molecule has 1 heterocycles. The summed E-state index contributed by atoms with van der Waals surface area (Å²) in [5.74, 6) is 0.136. The molecule has 1 amide bonds. The standard InChI is InChI=1S/C14H26N2O2.ClH/c1-3-10-18-11-4-5-13(17)16-12-14(2)6-8-15-9-7-14;/h3,15H,1,4-12H2,2H3,(H,16,17);1H. The molecule has 0 aromatic carbocycles. The first-order chi connectivity index (χ1) is 8.66. The maximum absolute atomic E-state index is 11.7. The minimum Gasteiger partial charge on any atom is -0.377 e. The van der Waals surface area contributed by atoms with Gasteiger partial charge in [-0.25, -0.2) is 0 Å². The van der Waals surface area contributed by atoms with Crippen molar-refractivity contribution in [1.29, 1.82) is 0 Å². The van der Waals surface area contributed by atoms with Crippen LogP contribution < -0.4 is 10.6 Å². The van der Waals surface area contributed by atoms with Gasteiger partial charge in [0.25, 0.3) is 0 Å². The summed E-state index contributed by atoms with van der Waals surface area (Å²) in [5.41, 5.74) is 0.264. The van der Waals surface area contributed by atoms with Gasteiger partial charge >= 0.3 is 0 Å². The van der Waals surface area contributed by atoms with Gasteiger partial charge in [-0.2, -0.15) is 0 Å². The van der Waals surface area contributed by atoms with E-state index in [1.54, 1.807) is 6.08 Å². The molecule has 1 saturated heterocycles. The number of hydrogen-bond donors (Lipinski definition) is 2. The third kappa shape index (κ3) is 8.24. The van der Waals surface area contributed by atoms with Crippen LogP contribution in [0.3, 0.4) is 0 Å². The van der Waals surface area contributed by atoms with Crippen molar-refractivity contribution in [2.45, 2.75) is 32.6 Å². The molecule has 0 aromatic heterocycles. The van der Waals surface area contributed by atoms with Crippen LogP contribution in [0.2, 0.25) is 0 Å². The van der Waals surface area contributed by atoms with Gasteiger partial charge in [0, 0.05) is 19.6 Å². The molecule has 1 aliphatic heterocycles. The van der Waals surface area contributed by atoms with Crippen LogP contribution in [0.15, 0.2) is 12.7 Å². The van der Waals surface area contributed by atoms with Gasteiger partial charge in [-0.1, -0.05) is 13.0 Å². The van der Waals surface area contributed by atoms with Crippen LogP contribution in [0, 0.1) is 5.41 Å². The zero-order valence-electron chi connectivity index (χ0n) is 11.9. The summed E-state index contributed by atoms with van der Waals surface area (Å²) in [6, 6.07) is 0. The Bertz CT molecular complexity index is 266. The van der Waals surface area contributed by atoms with Crippen LogP contribution >= 0.6 is 12.4 Å². The lowest BCUT2D eigenvalue weighted by atomic mass is 9.81. The summed E-state index contributed by atoms with van der Waals surface area (Å²) >= 11 is 0. The topological polar surface area (TPSA) is 50.4 Å². The normalized spacial score (nSPS) is 17.3. The first-order valence-electron chi connectivity index (χ1n) is 6.82. The summed E-state index contributed by atoms with van der Waals surface area (Å²) in [6.07, 6.45) is 5.31. The number of carbonyl (C=O) groups is 1. The first-order valence-corrected chi connectivity index (χ1v) is 6.82. The molecular formula is C14H27ClN2O2. The summed E-state index contributed by atoms with van der Waals surface area (Å²) < 4.78 is 5.24. The quantitative estimate of drug-likeness (QED) is 0.530. The number of hydrogen-bond acceptors (Lipinski definition) is 3. The Labute approximate surface area is 122 Å². The van der Waals surface area contributed by atoms with Gasteiger partial charge in [0.05, 0.1) is 6.61 Å². The molecule has 1 fully saturated rings. The maximum atomic E-state index is 11.7. The minimum absolute atomic E-state index is 0. The second-order valence-corrected chi connectivity index (χ2v) is 5.30. The van der Waals surface area contributed by atoms with Gasteiger partial charge in [-0.3, -0.25) is 4.79 Å². The molecule has 0 atom stereocenters. The molecule has 0 unspecified atom stereocenters. The summed E-state index contributed by atoms with van der Waals surface area (Å²) in [7, 11) is 0. The highest BCUT2D eigenvalue weighted by Gasteiger charge is 2.26. The van der Waals surface area contributed by atoms with Gasteiger partial charge in [-0.15, -0.1) is 19.0 Å². The van der Waals surface area contributed by atoms with Crippen LogP contribution in [-0.2, 0) is 9.53 Å². The molecule has 0 bridgehead atoms. The highest BCUT2D eigenvalue weighted by atomic mass is 35.5. The number of rotatable bonds is 8. The third-order valence-electron chi connectivity index (χ3n) is 3.45. The first kappa shape index (κ1) is 18.4. The molecule has 1 aliphatic rings. The lowest BCUT2D eigenvalue weighted by molar-refractivity contribution is -0.122. The van der Waals surface area contributed by atoms with Gasteiger partial charge in [0.1, 0.15) is 0 Å². The van der Waals surface area contributed by atoms with Crippen molar-refractivity contribution in [2.24, 2.45) is 5.41 Å². The molecule has 112 valence electrons. The molecular weight excluding hydrogens is 264 g/mol. The number of halogens is 1. The smallest absolute Gasteiger partial charge is 0.220 e. The number of amides is 1. The molecule has 5 heteroatoms. The van der Waals surface area contributed by atoms with Gasteiger partial charge in [0.15, 0.2) is 0 Å². The predicted molar refractivity (Wildman–Crippen MR) is 80.7 cm³/mol. The van der Waals surface area contributed by atoms with Crippen molar-refractivity contribution in [3.63, 3.8) is 0 Å². The summed E-state index contributed by atoms with van der Waals surface area (Å²) in [5, 5.41) is 6.39. The van der Waals surface area contributed by atoms with E-state index in [9.17, 15) is 4.79 Å². The van der Waals surface area contributed by atoms with Crippen molar-refractivity contribution >= 4 is 18.3 Å². The Hall–Kier alpha value is -0.580. The second-order valence-electron chi connectivity index (χ2n) is 5.30. The SMILES string of the molecule is C=CCOCCCC(=O)NCC1(C)CCNCC1.Cl. The van der Waals surface area contributed by atoms with Gasteiger partial charge in [-0.05, 0) is 37.8 Å². The fourth-order valence-electron chi connectivity index (χ4n) is 2.11.